The van der Waals surface area contributed by atoms with Crippen molar-refractivity contribution in [1.82, 2.24) is 5.32 Å². The zero-order chi connectivity index (χ0) is 48.7. The van der Waals surface area contributed by atoms with Gasteiger partial charge in [0, 0.05) is 12.8 Å². The molecule has 3 atom stereocenters. The van der Waals surface area contributed by atoms with Crippen molar-refractivity contribution in [2.75, 3.05) is 40.9 Å². The van der Waals surface area contributed by atoms with E-state index in [0.29, 0.717) is 23.9 Å². The van der Waals surface area contributed by atoms with Crippen molar-refractivity contribution >= 4 is 19.7 Å². The van der Waals surface area contributed by atoms with Crippen LogP contribution in [0, 0.1) is 0 Å². The van der Waals surface area contributed by atoms with Crippen LogP contribution in [0.15, 0.2) is 48.6 Å². The smallest absolute Gasteiger partial charge is 0.306 e. The number of rotatable bonds is 49. The number of likely N-dealkylation sites (N-methyl/N-ethyl adjacent to an activating group) is 1. The number of phosphoric acid groups is 1. The summed E-state index contributed by atoms with van der Waals surface area (Å²) in [6.45, 7) is 6.69. The Kier molecular flexibility index (Phi) is 45.3. The molecule has 3 unspecified atom stereocenters. The number of carbonyl (C=O) groups is 2. The summed E-state index contributed by atoms with van der Waals surface area (Å²) < 4.78 is 30.2. The van der Waals surface area contributed by atoms with Gasteiger partial charge < -0.3 is 28.5 Å². The molecule has 0 aliphatic rings. The van der Waals surface area contributed by atoms with Gasteiger partial charge in [0.1, 0.15) is 19.3 Å². The molecule has 0 heterocycles. The number of phosphoric ester groups is 1. The highest BCUT2D eigenvalue weighted by molar-refractivity contribution is 7.45. The molecule has 0 saturated carbocycles. The zero-order valence-corrected chi connectivity index (χ0v) is 44.8. The number of carbonyl (C=O) groups excluding carboxylic acids is 2. The molecule has 1 amide bonds. The fraction of sp³-hybridized carbons (Fsp3) is 0.821. The standard InChI is InChI=1S/C56H105N2O7P/c1-7-10-13-16-19-22-25-28-31-34-37-40-43-46-49-56(60)65-54(47-44-41-38-35-32-29-26-23-20-17-14-11-8-2)53(52-64-66(61,62)63-51-50-58(4,5)6)57-55(59)48-45-42-39-36-33-30-27-24-21-18-15-12-9-3/h12,15,18,21,24,27,44,47,53-54H,7-11,13-14,16-17,19-20,22-23,25-26,28-43,45-46,48-52H2,1-6H3,(H-,57,59,61,62)/b15-12+,21-18+,27-24-,47-44+. The van der Waals surface area contributed by atoms with E-state index in [1.165, 1.54) is 128 Å². The summed E-state index contributed by atoms with van der Waals surface area (Å²) in [5.74, 6) is -0.560. The summed E-state index contributed by atoms with van der Waals surface area (Å²) in [7, 11) is 1.17. The van der Waals surface area contributed by atoms with Gasteiger partial charge in [0.15, 0.2) is 0 Å². The molecule has 0 saturated heterocycles. The third kappa shape index (κ3) is 47.1. The number of hydrogen-bond acceptors (Lipinski definition) is 7. The van der Waals surface area contributed by atoms with E-state index in [-0.39, 0.29) is 24.9 Å². The predicted molar refractivity (Wildman–Crippen MR) is 279 cm³/mol. The molecule has 0 fully saturated rings. The lowest BCUT2D eigenvalue weighted by molar-refractivity contribution is -0.870. The lowest BCUT2D eigenvalue weighted by atomic mass is 10.0. The number of allylic oxidation sites excluding steroid dienone is 7. The van der Waals surface area contributed by atoms with E-state index in [4.69, 9.17) is 13.8 Å². The first-order chi connectivity index (χ1) is 31.9. The quantitative estimate of drug-likeness (QED) is 0.0161. The molecule has 0 bridgehead atoms. The van der Waals surface area contributed by atoms with Crippen LogP contribution in [-0.2, 0) is 27.9 Å². The SMILES string of the molecule is CC/C=C/C=C/C=C\CCCCCCCC(=O)NC(COP(=O)([O-])OCC[N+](C)(C)C)C(/C=C/CCCCCCCCCCCCC)OC(=O)CCCCCCCCCCCCCCCC. The lowest BCUT2D eigenvalue weighted by Crippen LogP contribution is -2.47. The topological polar surface area (TPSA) is 114 Å². The van der Waals surface area contributed by atoms with Crippen LogP contribution in [0.25, 0.3) is 0 Å². The second-order valence-corrected chi connectivity index (χ2v) is 21.2. The molecular formula is C56H105N2O7P. The summed E-state index contributed by atoms with van der Waals surface area (Å²) in [4.78, 5) is 39.7. The van der Waals surface area contributed by atoms with Gasteiger partial charge in [0.2, 0.25) is 5.91 Å². The van der Waals surface area contributed by atoms with Crippen LogP contribution >= 0.6 is 7.82 Å². The molecule has 0 aromatic rings. The Morgan fingerprint density at radius 3 is 1.44 bits per heavy atom. The Morgan fingerprint density at radius 1 is 0.545 bits per heavy atom. The molecule has 1 N–H and O–H groups in total. The number of esters is 1. The average molecular weight is 949 g/mol. The van der Waals surface area contributed by atoms with Crippen LogP contribution in [0.1, 0.15) is 245 Å². The van der Waals surface area contributed by atoms with Gasteiger partial charge in [-0.3, -0.25) is 14.2 Å². The second kappa shape index (κ2) is 46.7. The second-order valence-electron chi connectivity index (χ2n) is 19.8. The molecule has 0 aliphatic heterocycles. The van der Waals surface area contributed by atoms with Gasteiger partial charge in [0.05, 0.1) is 33.8 Å². The van der Waals surface area contributed by atoms with Crippen LogP contribution in [0.5, 0.6) is 0 Å². The highest BCUT2D eigenvalue weighted by Gasteiger charge is 2.27. The van der Waals surface area contributed by atoms with E-state index in [1.807, 2.05) is 39.4 Å². The zero-order valence-electron chi connectivity index (χ0n) is 43.9. The molecule has 0 rings (SSSR count). The van der Waals surface area contributed by atoms with Gasteiger partial charge in [-0.05, 0) is 51.0 Å². The minimum atomic E-state index is -4.69. The van der Waals surface area contributed by atoms with Crippen molar-refractivity contribution in [3.05, 3.63) is 48.6 Å². The summed E-state index contributed by atoms with van der Waals surface area (Å²) >= 11 is 0. The van der Waals surface area contributed by atoms with Crippen molar-refractivity contribution in [2.24, 2.45) is 0 Å². The van der Waals surface area contributed by atoms with Crippen LogP contribution in [-0.4, -0.2) is 69.4 Å². The highest BCUT2D eigenvalue weighted by Crippen LogP contribution is 2.38. The molecule has 9 nitrogen and oxygen atoms in total. The van der Waals surface area contributed by atoms with Crippen molar-refractivity contribution in [3.63, 3.8) is 0 Å². The van der Waals surface area contributed by atoms with Crippen LogP contribution in [0.2, 0.25) is 0 Å². The van der Waals surface area contributed by atoms with Crippen molar-refractivity contribution < 1.29 is 37.3 Å². The van der Waals surface area contributed by atoms with Gasteiger partial charge in [-0.25, -0.2) is 0 Å². The van der Waals surface area contributed by atoms with E-state index in [0.717, 1.165) is 77.0 Å². The molecule has 66 heavy (non-hydrogen) atoms. The van der Waals surface area contributed by atoms with Crippen LogP contribution in [0.4, 0.5) is 0 Å². The first kappa shape index (κ1) is 64.0. The van der Waals surface area contributed by atoms with Crippen molar-refractivity contribution in [1.29, 1.82) is 0 Å². The van der Waals surface area contributed by atoms with Crippen LogP contribution in [0.3, 0.4) is 0 Å². The third-order valence-corrected chi connectivity index (χ3v) is 13.0. The number of hydrogen-bond donors (Lipinski definition) is 1. The minimum Gasteiger partial charge on any atom is -0.756 e. The Bertz CT molecular complexity index is 1280. The fourth-order valence-electron chi connectivity index (χ4n) is 7.82. The lowest BCUT2D eigenvalue weighted by Gasteiger charge is -2.30. The van der Waals surface area contributed by atoms with Crippen LogP contribution < -0.4 is 10.2 Å². The number of amides is 1. The monoisotopic (exact) mass is 949 g/mol. The Hall–Kier alpha value is -2.03. The minimum absolute atomic E-state index is 0.0260. The normalized spacial score (nSPS) is 14.2. The van der Waals surface area contributed by atoms with Gasteiger partial charge in [0.25, 0.3) is 7.82 Å². The summed E-state index contributed by atoms with van der Waals surface area (Å²) in [6.07, 6.45) is 55.0. The Balaban J connectivity index is 5.43. The third-order valence-electron chi connectivity index (χ3n) is 12.1. The largest absolute Gasteiger partial charge is 0.756 e. The molecule has 0 radical (unpaired) electrons. The van der Waals surface area contributed by atoms with Gasteiger partial charge in [-0.15, -0.1) is 0 Å². The molecule has 10 heteroatoms. The van der Waals surface area contributed by atoms with Crippen molar-refractivity contribution in [2.45, 2.75) is 258 Å². The molecule has 0 aromatic heterocycles. The maximum absolute atomic E-state index is 13.4. The Labute approximate surface area is 408 Å². The molecule has 0 aromatic carbocycles. The number of ether oxygens (including phenoxy) is 1. The molecular weight excluding hydrogens is 844 g/mol. The first-order valence-electron chi connectivity index (χ1n) is 27.5. The molecule has 386 valence electrons. The van der Waals surface area contributed by atoms with Gasteiger partial charge >= 0.3 is 5.97 Å². The van der Waals surface area contributed by atoms with E-state index >= 15 is 0 Å². The van der Waals surface area contributed by atoms with Crippen molar-refractivity contribution in [3.8, 4) is 0 Å². The summed E-state index contributed by atoms with van der Waals surface area (Å²) in [5, 5.41) is 3.00. The summed E-state index contributed by atoms with van der Waals surface area (Å²) in [6, 6.07) is -0.895. The average Bonchev–Trinajstić information content (AvgIpc) is 3.27. The molecule has 0 spiro atoms. The summed E-state index contributed by atoms with van der Waals surface area (Å²) in [5.41, 5.74) is 0. The number of nitrogens with zero attached hydrogens (tertiary/aromatic N) is 1. The maximum atomic E-state index is 13.4. The number of unbranched alkanes of at least 4 members (excludes halogenated alkanes) is 29. The van der Waals surface area contributed by atoms with Gasteiger partial charge in [-0.2, -0.15) is 0 Å². The molecule has 0 aliphatic carbocycles. The Morgan fingerprint density at radius 2 is 0.970 bits per heavy atom. The van der Waals surface area contributed by atoms with E-state index < -0.39 is 26.6 Å². The first-order valence-corrected chi connectivity index (χ1v) is 28.9. The van der Waals surface area contributed by atoms with E-state index in [9.17, 15) is 19.0 Å². The van der Waals surface area contributed by atoms with E-state index in [1.54, 1.807) is 0 Å². The predicted octanol–water partition coefficient (Wildman–Crippen LogP) is 15.5. The fourth-order valence-corrected chi connectivity index (χ4v) is 8.54. The maximum Gasteiger partial charge on any atom is 0.306 e. The number of nitrogens with one attached hydrogen (secondary N) is 1. The van der Waals surface area contributed by atoms with Gasteiger partial charge in [-0.1, -0.05) is 230 Å². The van der Waals surface area contributed by atoms with E-state index in [2.05, 4.69) is 56.5 Å². The highest BCUT2D eigenvalue weighted by atomic mass is 31.2. The number of quaternary nitrogens is 1.